The Morgan fingerprint density at radius 3 is 1.23 bits per heavy atom. The Morgan fingerprint density at radius 2 is 1.23 bits per heavy atom. The number of rotatable bonds is 2. The summed E-state index contributed by atoms with van der Waals surface area (Å²) in [6.45, 7) is 0. The first kappa shape index (κ1) is 14.9. The molecule has 0 aromatic carbocycles. The van der Waals surface area contributed by atoms with Crippen LogP contribution in [0.2, 0.25) is 0 Å². The summed E-state index contributed by atoms with van der Waals surface area (Å²) in [6, 6.07) is 0. The Morgan fingerprint density at radius 1 is 1.08 bits per heavy atom. The molecule has 12 heteroatoms. The van der Waals surface area contributed by atoms with Crippen molar-refractivity contribution in [2.24, 2.45) is 11.5 Å². The van der Waals surface area contributed by atoms with E-state index in [0.29, 0.717) is 0 Å². The van der Waals surface area contributed by atoms with Gasteiger partial charge in [0, 0.05) is 0 Å². The molecule has 0 rings (SSSR count). The van der Waals surface area contributed by atoms with Crippen LogP contribution in [0.25, 0.3) is 0 Å². The van der Waals surface area contributed by atoms with E-state index in [1.54, 1.807) is 0 Å². The van der Waals surface area contributed by atoms with Crippen molar-refractivity contribution in [3.05, 3.63) is 0 Å². The molecule has 0 heterocycles. The second-order valence-electron chi connectivity index (χ2n) is 1.38. The molecular formula is CH7Cr2N3O7. The van der Waals surface area contributed by atoms with Crippen LogP contribution in [0.15, 0.2) is 0 Å². The number of hydrogen-bond donors (Lipinski definition) is 5. The van der Waals surface area contributed by atoms with Gasteiger partial charge in [-0.15, -0.1) is 0 Å². The summed E-state index contributed by atoms with van der Waals surface area (Å²) in [7, 11) is 0. The van der Waals surface area contributed by atoms with E-state index >= 15 is 0 Å². The maximum atomic E-state index is 9.53. The van der Waals surface area contributed by atoms with Gasteiger partial charge in [0.1, 0.15) is 0 Å². The van der Waals surface area contributed by atoms with Crippen LogP contribution >= 0.6 is 0 Å². The molecule has 0 saturated heterocycles. The minimum absolute atomic E-state index is 0.333. The van der Waals surface area contributed by atoms with E-state index < -0.39 is 27.2 Å². The summed E-state index contributed by atoms with van der Waals surface area (Å²) in [6.07, 6.45) is 0. The molecule has 0 saturated carbocycles. The molecule has 0 aromatic heterocycles. The van der Waals surface area contributed by atoms with Gasteiger partial charge >= 0.3 is 53.6 Å². The van der Waals surface area contributed by atoms with Crippen LogP contribution in [0.5, 0.6) is 0 Å². The molecule has 0 bridgehead atoms. The van der Waals surface area contributed by atoms with Gasteiger partial charge in [0.05, 0.1) is 0 Å². The zero-order chi connectivity index (χ0) is 11.3. The van der Waals surface area contributed by atoms with Crippen LogP contribution in [0.4, 0.5) is 0 Å². The summed E-state index contributed by atoms with van der Waals surface area (Å²) in [5.74, 6) is -0.333. The molecule has 0 aliphatic rings. The van der Waals surface area contributed by atoms with Gasteiger partial charge in [-0.3, -0.25) is 5.41 Å². The molecule has 0 unspecified atom stereocenters. The number of guanidine groups is 1. The van der Waals surface area contributed by atoms with Crippen LogP contribution in [0.3, 0.4) is 0 Å². The van der Waals surface area contributed by atoms with E-state index in [0.717, 1.165) is 0 Å². The summed E-state index contributed by atoms with van der Waals surface area (Å²) < 4.78 is 56.3. The zero-order valence-corrected chi connectivity index (χ0v) is 8.46. The van der Waals surface area contributed by atoms with Crippen LogP contribution < -0.4 is 11.5 Å². The van der Waals surface area contributed by atoms with Gasteiger partial charge in [-0.2, -0.15) is 0 Å². The predicted octanol–water partition coefficient (Wildman–Crippen LogP) is -2.82. The van der Waals surface area contributed by atoms with Gasteiger partial charge in [0.25, 0.3) is 0 Å². The molecule has 0 atom stereocenters. The first-order valence-corrected chi connectivity index (χ1v) is 6.46. The van der Waals surface area contributed by atoms with E-state index in [1.807, 2.05) is 0 Å². The normalized spacial score (nSPS) is 11.2. The summed E-state index contributed by atoms with van der Waals surface area (Å²) >= 11 is -11.5. The minimum atomic E-state index is -5.76. The summed E-state index contributed by atoms with van der Waals surface area (Å²) in [5.41, 5.74) is 8.94. The molecule has 0 aliphatic heterocycles. The quantitative estimate of drug-likeness (QED) is 0.261. The Bertz CT molecular complexity index is 317. The first-order chi connectivity index (χ1) is 5.44. The van der Waals surface area contributed by atoms with E-state index in [1.165, 1.54) is 0 Å². The monoisotopic (exact) mass is 277 g/mol. The van der Waals surface area contributed by atoms with Gasteiger partial charge in [0.2, 0.25) is 0 Å². The Labute approximate surface area is 76.8 Å². The fourth-order valence-corrected chi connectivity index (χ4v) is 1.85. The standard InChI is InChI=1S/CH5N3.2Cr.2H2O.5O/c2-1(3)4;;;;;;;;;/h(H5,2,3,4);;;2*1H2;;;;;/q;2*+1;;;;;;;/p-2. The number of hydrogen-bond acceptors (Lipinski definition) is 6. The molecule has 13 heavy (non-hydrogen) atoms. The van der Waals surface area contributed by atoms with Crippen molar-refractivity contribution in [3.63, 3.8) is 0 Å². The Balaban J connectivity index is 0. The molecule has 80 valence electrons. The van der Waals surface area contributed by atoms with Crippen molar-refractivity contribution in [2.45, 2.75) is 0 Å². The SMILES string of the molecule is N=C(N)N.[O]=[Cr](=[O])([OH])[O][Cr](=[O])(=[O])[OH]. The second kappa shape index (κ2) is 5.21. The third-order valence-corrected chi connectivity index (χ3v) is 2.92. The van der Waals surface area contributed by atoms with Crippen molar-refractivity contribution in [2.75, 3.05) is 0 Å². The van der Waals surface area contributed by atoms with Crippen LogP contribution in [0, 0.1) is 5.41 Å². The molecular weight excluding hydrogens is 270 g/mol. The maximum absolute atomic E-state index is 9.53. The average molecular weight is 277 g/mol. The van der Waals surface area contributed by atoms with Gasteiger partial charge in [0.15, 0.2) is 5.96 Å². The van der Waals surface area contributed by atoms with E-state index in [4.69, 9.17) is 13.7 Å². The average Bonchev–Trinajstić information content (AvgIpc) is 1.47. The van der Waals surface area contributed by atoms with Crippen molar-refractivity contribution in [1.82, 2.24) is 0 Å². The molecule has 7 N–H and O–H groups in total. The number of nitrogens with two attached hydrogens (primary N) is 2. The summed E-state index contributed by atoms with van der Waals surface area (Å²) in [4.78, 5) is 0. The third kappa shape index (κ3) is 34.5. The Kier molecular flexibility index (Phi) is 5.98. The Hall–Kier alpha value is -0.585. The fourth-order valence-electron chi connectivity index (χ4n) is 0.109. The fraction of sp³-hybridized carbons (Fsp3) is 0. The topological polar surface area (TPSA) is 194 Å². The van der Waals surface area contributed by atoms with Crippen molar-refractivity contribution >= 4 is 5.96 Å². The van der Waals surface area contributed by atoms with Crippen molar-refractivity contribution in [1.29, 1.82) is 5.41 Å². The van der Waals surface area contributed by atoms with E-state index in [2.05, 4.69) is 14.3 Å². The molecule has 0 radical (unpaired) electrons. The third-order valence-electron chi connectivity index (χ3n) is 0.172. The molecule has 0 fully saturated rings. The molecule has 0 aliphatic carbocycles. The predicted molar refractivity (Wildman–Crippen MR) is 24.4 cm³/mol. The van der Waals surface area contributed by atoms with Gasteiger partial charge < -0.3 is 11.5 Å². The van der Waals surface area contributed by atoms with Gasteiger partial charge in [-0.05, 0) is 0 Å². The molecule has 0 spiro atoms. The number of nitrogens with one attached hydrogen (secondary N) is 1. The van der Waals surface area contributed by atoms with E-state index in [9.17, 15) is 15.2 Å². The van der Waals surface area contributed by atoms with Crippen LogP contribution in [-0.4, -0.2) is 14.3 Å². The molecule has 0 aromatic rings. The van der Waals surface area contributed by atoms with Crippen LogP contribution in [-0.2, 0) is 45.3 Å². The van der Waals surface area contributed by atoms with E-state index in [-0.39, 0.29) is 5.96 Å². The molecule has 10 nitrogen and oxygen atoms in total. The first-order valence-electron chi connectivity index (χ1n) is 2.19. The zero-order valence-electron chi connectivity index (χ0n) is 5.91. The molecule has 0 amide bonds. The van der Waals surface area contributed by atoms with Crippen molar-refractivity contribution < 1.29 is 53.6 Å². The summed E-state index contributed by atoms with van der Waals surface area (Å²) in [5, 5.41) is 6.06. The van der Waals surface area contributed by atoms with Gasteiger partial charge in [-0.1, -0.05) is 0 Å². The second-order valence-corrected chi connectivity index (χ2v) is 5.14. The van der Waals surface area contributed by atoms with Crippen LogP contribution in [0.1, 0.15) is 0 Å². The van der Waals surface area contributed by atoms with Gasteiger partial charge in [-0.25, -0.2) is 0 Å². The van der Waals surface area contributed by atoms with Crippen molar-refractivity contribution in [3.8, 4) is 0 Å².